The summed E-state index contributed by atoms with van der Waals surface area (Å²) in [6, 6.07) is 2.67. The minimum absolute atomic E-state index is 0.0600. The first kappa shape index (κ1) is 13.4. The third kappa shape index (κ3) is 2.55. The minimum atomic E-state index is -0.0600. The average molecular weight is 261 g/mol. The zero-order valence-electron chi connectivity index (χ0n) is 12.3. The molecule has 0 aromatic rings. The van der Waals surface area contributed by atoms with Gasteiger partial charge in [-0.25, -0.2) is 0 Å². The molecule has 3 rings (SSSR count). The van der Waals surface area contributed by atoms with Gasteiger partial charge in [0, 0.05) is 0 Å². The normalized spacial score (nSPS) is 40.8. The molecule has 3 unspecified atom stereocenters. The van der Waals surface area contributed by atoms with Crippen LogP contribution in [0.3, 0.4) is 0 Å². The van der Waals surface area contributed by atoms with Gasteiger partial charge in [0.2, 0.25) is 0 Å². The third-order valence-electron chi connectivity index (χ3n) is 6.00. The lowest BCUT2D eigenvalue weighted by Crippen LogP contribution is -2.28. The van der Waals surface area contributed by atoms with Crippen LogP contribution in [0.15, 0.2) is 0 Å². The van der Waals surface area contributed by atoms with Crippen LogP contribution in [-0.4, -0.2) is 11.7 Å². The lowest BCUT2D eigenvalue weighted by Gasteiger charge is -2.28. The van der Waals surface area contributed by atoms with Gasteiger partial charge < -0.3 is 4.74 Å². The van der Waals surface area contributed by atoms with E-state index in [4.69, 9.17) is 4.74 Å². The van der Waals surface area contributed by atoms with Crippen molar-refractivity contribution in [2.75, 3.05) is 0 Å². The van der Waals surface area contributed by atoms with Gasteiger partial charge in [0.15, 0.2) is 0 Å². The van der Waals surface area contributed by atoms with E-state index in [1.165, 1.54) is 51.4 Å². The number of rotatable bonds is 3. The average Bonchev–Trinajstić information content (AvgIpc) is 3.13. The van der Waals surface area contributed by atoms with Gasteiger partial charge in [0.1, 0.15) is 0 Å². The Morgan fingerprint density at radius 1 is 1.16 bits per heavy atom. The highest BCUT2D eigenvalue weighted by Crippen LogP contribution is 2.50. The Morgan fingerprint density at radius 3 is 2.58 bits per heavy atom. The van der Waals surface area contributed by atoms with Crippen molar-refractivity contribution in [2.24, 2.45) is 11.3 Å². The maximum absolute atomic E-state index is 9.64. The Morgan fingerprint density at radius 2 is 1.95 bits per heavy atom. The number of nitrogens with zero attached hydrogens (tertiary/aromatic N) is 1. The molecule has 1 aliphatic heterocycles. The summed E-state index contributed by atoms with van der Waals surface area (Å²) in [6.45, 7) is 2.26. The standard InChI is InChI=1S/C17H27NO/c1-2-14-5-9-16(11-14,13-18)12-15-6-10-17(19-15)7-3-4-8-17/h14-15H,2-12H2,1H3. The van der Waals surface area contributed by atoms with Gasteiger partial charge in [-0.1, -0.05) is 26.2 Å². The van der Waals surface area contributed by atoms with Gasteiger partial charge in [-0.15, -0.1) is 0 Å². The number of hydrogen-bond acceptors (Lipinski definition) is 2. The summed E-state index contributed by atoms with van der Waals surface area (Å²) in [5, 5.41) is 9.64. The monoisotopic (exact) mass is 261 g/mol. The molecule has 1 heterocycles. The molecule has 2 nitrogen and oxygen atoms in total. The topological polar surface area (TPSA) is 33.0 Å². The van der Waals surface area contributed by atoms with Crippen LogP contribution in [0.5, 0.6) is 0 Å². The lowest BCUT2D eigenvalue weighted by atomic mass is 9.80. The molecule has 3 fully saturated rings. The van der Waals surface area contributed by atoms with Crippen molar-refractivity contribution in [3.05, 3.63) is 0 Å². The van der Waals surface area contributed by atoms with E-state index in [2.05, 4.69) is 13.0 Å². The van der Waals surface area contributed by atoms with Gasteiger partial charge in [-0.3, -0.25) is 0 Å². The van der Waals surface area contributed by atoms with E-state index in [0.717, 1.165) is 25.2 Å². The molecule has 1 spiro atoms. The molecule has 0 bridgehead atoms. The third-order valence-corrected chi connectivity index (χ3v) is 6.00. The SMILES string of the molecule is CCC1CCC(C#N)(CC2CCC3(CCCC3)O2)C1. The first-order valence-corrected chi connectivity index (χ1v) is 8.28. The Balaban J connectivity index is 1.61. The van der Waals surface area contributed by atoms with E-state index in [1.807, 2.05) is 0 Å². The second-order valence-electron chi connectivity index (χ2n) is 7.28. The molecule has 3 atom stereocenters. The van der Waals surface area contributed by atoms with Crippen molar-refractivity contribution < 1.29 is 4.74 Å². The molecule has 0 aromatic heterocycles. The largest absolute Gasteiger partial charge is 0.372 e. The van der Waals surface area contributed by atoms with Crippen molar-refractivity contribution in [1.82, 2.24) is 0 Å². The first-order valence-electron chi connectivity index (χ1n) is 8.28. The zero-order valence-corrected chi connectivity index (χ0v) is 12.3. The van der Waals surface area contributed by atoms with Crippen LogP contribution in [0.2, 0.25) is 0 Å². The van der Waals surface area contributed by atoms with Crippen LogP contribution in [0.25, 0.3) is 0 Å². The smallest absolute Gasteiger partial charge is 0.0690 e. The maximum atomic E-state index is 9.64. The van der Waals surface area contributed by atoms with Crippen LogP contribution in [0, 0.1) is 22.7 Å². The second kappa shape index (κ2) is 5.09. The first-order chi connectivity index (χ1) is 9.19. The predicted octanol–water partition coefficient (Wildman–Crippen LogP) is 4.59. The summed E-state index contributed by atoms with van der Waals surface area (Å²) in [5.74, 6) is 0.779. The highest BCUT2D eigenvalue weighted by atomic mass is 16.5. The molecule has 0 aromatic carbocycles. The van der Waals surface area contributed by atoms with Gasteiger partial charge in [-0.2, -0.15) is 5.26 Å². The van der Waals surface area contributed by atoms with Gasteiger partial charge in [0.05, 0.1) is 23.2 Å². The van der Waals surface area contributed by atoms with Gasteiger partial charge in [0.25, 0.3) is 0 Å². The minimum Gasteiger partial charge on any atom is -0.372 e. The quantitative estimate of drug-likeness (QED) is 0.744. The van der Waals surface area contributed by atoms with Crippen molar-refractivity contribution in [1.29, 1.82) is 5.26 Å². The fourth-order valence-electron chi connectivity index (χ4n) is 4.78. The van der Waals surface area contributed by atoms with E-state index in [1.54, 1.807) is 0 Å². The molecule has 2 heteroatoms. The van der Waals surface area contributed by atoms with E-state index < -0.39 is 0 Å². The predicted molar refractivity (Wildman–Crippen MR) is 75.6 cm³/mol. The van der Waals surface area contributed by atoms with Crippen LogP contribution in [-0.2, 0) is 4.74 Å². The molecule has 2 aliphatic carbocycles. The Kier molecular flexibility index (Phi) is 3.60. The van der Waals surface area contributed by atoms with Gasteiger partial charge >= 0.3 is 0 Å². The molecule has 1 saturated heterocycles. The molecule has 0 N–H and O–H groups in total. The molecule has 3 aliphatic rings. The molecule has 0 amide bonds. The van der Waals surface area contributed by atoms with Crippen molar-refractivity contribution >= 4 is 0 Å². The molecular formula is C17H27NO. The maximum Gasteiger partial charge on any atom is 0.0690 e. The molecule has 19 heavy (non-hydrogen) atoms. The van der Waals surface area contributed by atoms with E-state index in [-0.39, 0.29) is 11.0 Å². The van der Waals surface area contributed by atoms with Crippen LogP contribution in [0.1, 0.15) is 77.6 Å². The van der Waals surface area contributed by atoms with E-state index in [9.17, 15) is 5.26 Å². The molecule has 106 valence electrons. The summed E-state index contributed by atoms with van der Waals surface area (Å²) >= 11 is 0. The molecular weight excluding hydrogens is 234 g/mol. The summed E-state index contributed by atoms with van der Waals surface area (Å²) in [5.41, 5.74) is 0.166. The van der Waals surface area contributed by atoms with E-state index in [0.29, 0.717) is 6.10 Å². The molecule has 2 saturated carbocycles. The summed E-state index contributed by atoms with van der Waals surface area (Å²) < 4.78 is 6.42. The second-order valence-corrected chi connectivity index (χ2v) is 7.28. The van der Waals surface area contributed by atoms with Crippen molar-refractivity contribution in [3.8, 4) is 6.07 Å². The van der Waals surface area contributed by atoms with Crippen molar-refractivity contribution in [3.63, 3.8) is 0 Å². The van der Waals surface area contributed by atoms with Crippen LogP contribution in [0.4, 0.5) is 0 Å². The zero-order chi connectivity index (χ0) is 13.3. The van der Waals surface area contributed by atoms with E-state index >= 15 is 0 Å². The Labute approximate surface area is 117 Å². The highest BCUT2D eigenvalue weighted by molar-refractivity contribution is 5.06. The van der Waals surface area contributed by atoms with Crippen molar-refractivity contribution in [2.45, 2.75) is 89.3 Å². The summed E-state index contributed by atoms with van der Waals surface area (Å²) in [7, 11) is 0. The number of nitriles is 1. The Bertz CT molecular complexity index is 366. The fraction of sp³-hybridized carbons (Fsp3) is 0.941. The number of ether oxygens (including phenoxy) is 1. The van der Waals surface area contributed by atoms with Gasteiger partial charge in [-0.05, 0) is 57.3 Å². The number of hydrogen-bond donors (Lipinski definition) is 0. The summed E-state index contributed by atoms with van der Waals surface area (Å²) in [6.07, 6.45) is 13.7. The highest BCUT2D eigenvalue weighted by Gasteiger charge is 2.47. The summed E-state index contributed by atoms with van der Waals surface area (Å²) in [4.78, 5) is 0. The van der Waals surface area contributed by atoms with Crippen LogP contribution >= 0.6 is 0 Å². The lowest BCUT2D eigenvalue weighted by molar-refractivity contribution is -0.0486. The fourth-order valence-corrected chi connectivity index (χ4v) is 4.78. The Hall–Kier alpha value is -0.550. The molecule has 0 radical (unpaired) electrons. The van der Waals surface area contributed by atoms with Crippen LogP contribution < -0.4 is 0 Å².